The van der Waals surface area contributed by atoms with E-state index in [0.717, 1.165) is 44.9 Å². The average Bonchev–Trinajstić information content (AvgIpc) is 3.33. The molecule has 4 aromatic carbocycles. The number of phenolic OH excluding ortho intramolecular Hbond substituents is 1. The first kappa shape index (κ1) is 23.8. The number of phenols is 1. The fourth-order valence-corrected chi connectivity index (χ4v) is 4.36. The molecule has 4 nitrogen and oxygen atoms in total. The van der Waals surface area contributed by atoms with Gasteiger partial charge in [-0.3, -0.25) is 4.99 Å². The summed E-state index contributed by atoms with van der Waals surface area (Å²) in [7, 11) is 0. The van der Waals surface area contributed by atoms with Crippen molar-refractivity contribution in [3.8, 4) is 17.2 Å². The lowest BCUT2D eigenvalue weighted by Crippen LogP contribution is -1.92. The van der Waals surface area contributed by atoms with E-state index in [1.165, 1.54) is 5.56 Å². The molecule has 0 saturated carbocycles. The van der Waals surface area contributed by atoms with Crippen LogP contribution in [0.4, 0.5) is 5.69 Å². The fourth-order valence-electron chi connectivity index (χ4n) is 4.15. The summed E-state index contributed by atoms with van der Waals surface area (Å²) in [4.78, 5) is 9.33. The summed E-state index contributed by atoms with van der Waals surface area (Å²) in [5.41, 5.74) is 7.20. The van der Waals surface area contributed by atoms with Crippen LogP contribution >= 0.6 is 11.6 Å². The molecule has 0 aliphatic carbocycles. The molecule has 1 aromatic heterocycles. The highest BCUT2D eigenvalue weighted by atomic mass is 35.5. The van der Waals surface area contributed by atoms with Crippen LogP contribution in [0.2, 0.25) is 5.02 Å². The molecule has 0 radical (unpaired) electrons. The second-order valence-corrected chi connectivity index (χ2v) is 9.43. The van der Waals surface area contributed by atoms with Gasteiger partial charge in [-0.25, -0.2) is 4.98 Å². The molecular weight excluding hydrogens is 468 g/mol. The lowest BCUT2D eigenvalue weighted by Gasteiger charge is -2.07. The maximum absolute atomic E-state index is 10.4. The van der Waals surface area contributed by atoms with Gasteiger partial charge >= 0.3 is 0 Å². The highest BCUT2D eigenvalue weighted by Crippen LogP contribution is 2.30. The van der Waals surface area contributed by atoms with Crippen molar-refractivity contribution in [1.29, 1.82) is 0 Å². The molecule has 5 rings (SSSR count). The van der Waals surface area contributed by atoms with Crippen LogP contribution in [-0.2, 0) is 6.42 Å². The number of aliphatic imine (C=N–C) groups is 1. The zero-order valence-electron chi connectivity index (χ0n) is 20.3. The monoisotopic (exact) mass is 494 g/mol. The summed E-state index contributed by atoms with van der Waals surface area (Å²) in [5, 5.41) is 11.1. The van der Waals surface area contributed by atoms with Gasteiger partial charge < -0.3 is 9.52 Å². The molecule has 5 aromatic rings. The van der Waals surface area contributed by atoms with Gasteiger partial charge in [0.25, 0.3) is 0 Å². The van der Waals surface area contributed by atoms with Crippen LogP contribution in [0.1, 0.15) is 48.4 Å². The Balaban J connectivity index is 1.39. The van der Waals surface area contributed by atoms with Crippen LogP contribution < -0.4 is 0 Å². The summed E-state index contributed by atoms with van der Waals surface area (Å²) < 4.78 is 6.03. The summed E-state index contributed by atoms with van der Waals surface area (Å²) >= 11 is 6.32. The lowest BCUT2D eigenvalue weighted by molar-refractivity contribution is 0.474. The molecule has 1 N–H and O–H groups in total. The Hall–Kier alpha value is -3.89. The molecule has 0 aliphatic heterocycles. The van der Waals surface area contributed by atoms with E-state index in [1.54, 1.807) is 12.3 Å². The van der Waals surface area contributed by atoms with Gasteiger partial charge in [-0.05, 0) is 84.0 Å². The predicted molar refractivity (Wildman–Crippen MR) is 148 cm³/mol. The molecule has 0 saturated heterocycles. The maximum atomic E-state index is 10.4. The van der Waals surface area contributed by atoms with Gasteiger partial charge in [0.2, 0.25) is 5.89 Å². The number of hydrogen-bond acceptors (Lipinski definition) is 4. The Labute approximate surface area is 215 Å². The first-order chi connectivity index (χ1) is 17.5. The van der Waals surface area contributed by atoms with E-state index in [1.807, 2.05) is 66.7 Å². The minimum atomic E-state index is 0.175. The smallest absolute Gasteiger partial charge is 0.227 e. The van der Waals surface area contributed by atoms with Crippen molar-refractivity contribution in [2.24, 2.45) is 4.99 Å². The van der Waals surface area contributed by atoms with E-state index in [0.29, 0.717) is 23.8 Å². The third-order valence-electron chi connectivity index (χ3n) is 6.48. The first-order valence-corrected chi connectivity index (χ1v) is 12.5. The molecule has 0 bridgehead atoms. The molecule has 1 atom stereocenters. The van der Waals surface area contributed by atoms with Crippen molar-refractivity contribution >= 4 is 34.6 Å². The number of hydrogen-bond donors (Lipinski definition) is 1. The van der Waals surface area contributed by atoms with Crippen molar-refractivity contribution < 1.29 is 9.52 Å². The first-order valence-electron chi connectivity index (χ1n) is 12.1. The van der Waals surface area contributed by atoms with Crippen molar-refractivity contribution in [2.45, 2.75) is 32.6 Å². The zero-order valence-corrected chi connectivity index (χ0v) is 21.0. The van der Waals surface area contributed by atoms with Gasteiger partial charge in [-0.15, -0.1) is 0 Å². The molecule has 0 aliphatic rings. The number of rotatable bonds is 7. The van der Waals surface area contributed by atoms with Crippen molar-refractivity contribution in [1.82, 2.24) is 4.98 Å². The van der Waals surface area contributed by atoms with E-state index in [2.05, 4.69) is 31.0 Å². The highest BCUT2D eigenvalue weighted by Gasteiger charge is 2.11. The Bertz CT molecular complexity index is 1550. The normalized spacial score (nSPS) is 12.4. The molecule has 0 unspecified atom stereocenters. The molecular formula is C31H27ClN2O2. The van der Waals surface area contributed by atoms with E-state index in [9.17, 15) is 5.11 Å². The quantitative estimate of drug-likeness (QED) is 0.230. The molecule has 0 fully saturated rings. The SMILES string of the molecule is CC[C@@H](C)c1ccc2oc(-c3cccc(N=Cc4cc(Cc5ccccc5Cl)ccc4O)c3)nc2c1. The van der Waals surface area contributed by atoms with Gasteiger partial charge in [0, 0.05) is 22.4 Å². The van der Waals surface area contributed by atoms with E-state index in [-0.39, 0.29) is 5.75 Å². The summed E-state index contributed by atoms with van der Waals surface area (Å²) in [6, 6.07) is 27.2. The van der Waals surface area contributed by atoms with Gasteiger partial charge in [0.05, 0.1) is 5.69 Å². The van der Waals surface area contributed by atoms with Gasteiger partial charge in [0.1, 0.15) is 11.3 Å². The Morgan fingerprint density at radius 3 is 2.69 bits per heavy atom. The molecule has 1 heterocycles. The van der Waals surface area contributed by atoms with E-state index in [4.69, 9.17) is 21.0 Å². The minimum Gasteiger partial charge on any atom is -0.507 e. The van der Waals surface area contributed by atoms with Crippen molar-refractivity contribution in [2.75, 3.05) is 0 Å². The number of aromatic hydroxyl groups is 1. The average molecular weight is 495 g/mol. The van der Waals surface area contributed by atoms with E-state index >= 15 is 0 Å². The second kappa shape index (κ2) is 10.4. The maximum Gasteiger partial charge on any atom is 0.227 e. The predicted octanol–water partition coefficient (Wildman–Crippen LogP) is 8.71. The largest absolute Gasteiger partial charge is 0.507 e. The molecule has 0 spiro atoms. The topological polar surface area (TPSA) is 58.6 Å². The summed E-state index contributed by atoms with van der Waals surface area (Å²) in [5.74, 6) is 1.22. The number of halogens is 1. The Kier molecular flexibility index (Phi) is 6.88. The Morgan fingerprint density at radius 2 is 1.86 bits per heavy atom. The number of fused-ring (bicyclic) bond motifs is 1. The highest BCUT2D eigenvalue weighted by molar-refractivity contribution is 6.31. The lowest BCUT2D eigenvalue weighted by atomic mass is 9.98. The van der Waals surface area contributed by atoms with Crippen LogP contribution in [0.25, 0.3) is 22.6 Å². The van der Waals surface area contributed by atoms with Gasteiger partial charge in [0.15, 0.2) is 5.58 Å². The fraction of sp³-hybridized carbons (Fsp3) is 0.161. The number of oxazole rings is 1. The van der Waals surface area contributed by atoms with Gasteiger partial charge in [-0.2, -0.15) is 0 Å². The summed E-state index contributed by atoms with van der Waals surface area (Å²) in [6.07, 6.45) is 3.43. The number of nitrogens with zero attached hydrogens (tertiary/aromatic N) is 2. The van der Waals surface area contributed by atoms with Crippen LogP contribution in [0.15, 0.2) is 94.3 Å². The van der Waals surface area contributed by atoms with Crippen molar-refractivity contribution in [3.63, 3.8) is 0 Å². The molecule has 36 heavy (non-hydrogen) atoms. The van der Waals surface area contributed by atoms with Crippen LogP contribution in [0, 0.1) is 0 Å². The standard InChI is InChI=1S/C31H27ClN2O2/c1-3-20(2)22-12-14-30-28(18-22)34-31(36-30)24-8-6-9-26(17-24)33-19-25-16-21(11-13-29(25)35)15-23-7-4-5-10-27(23)32/h4-14,16-20,35H,3,15H2,1-2H3/t20-/m1/s1. The van der Waals surface area contributed by atoms with Gasteiger partial charge in [-0.1, -0.05) is 61.8 Å². The number of benzene rings is 4. The molecule has 5 heteroatoms. The minimum absolute atomic E-state index is 0.175. The molecule has 0 amide bonds. The third kappa shape index (κ3) is 5.19. The number of aromatic nitrogens is 1. The second-order valence-electron chi connectivity index (χ2n) is 9.03. The van der Waals surface area contributed by atoms with E-state index < -0.39 is 0 Å². The third-order valence-corrected chi connectivity index (χ3v) is 6.85. The van der Waals surface area contributed by atoms with Crippen LogP contribution in [0.3, 0.4) is 0 Å². The van der Waals surface area contributed by atoms with Crippen LogP contribution in [0.5, 0.6) is 5.75 Å². The zero-order chi connectivity index (χ0) is 25.1. The van der Waals surface area contributed by atoms with Crippen molar-refractivity contribution in [3.05, 3.63) is 112 Å². The summed E-state index contributed by atoms with van der Waals surface area (Å²) in [6.45, 7) is 4.40. The van der Waals surface area contributed by atoms with Crippen LogP contribution in [-0.4, -0.2) is 16.3 Å². The Morgan fingerprint density at radius 1 is 1.00 bits per heavy atom. The molecule has 180 valence electrons.